The van der Waals surface area contributed by atoms with E-state index in [2.05, 4.69) is 10.6 Å². The Morgan fingerprint density at radius 2 is 1.74 bits per heavy atom. The molecule has 23 heavy (non-hydrogen) atoms. The van der Waals surface area contributed by atoms with Gasteiger partial charge in [-0.2, -0.15) is 0 Å². The van der Waals surface area contributed by atoms with Crippen LogP contribution in [0.3, 0.4) is 0 Å². The number of nitrogens with one attached hydrogen (secondary N) is 2. The summed E-state index contributed by atoms with van der Waals surface area (Å²) in [6, 6.07) is 14.9. The van der Waals surface area contributed by atoms with E-state index in [1.807, 2.05) is 30.3 Å². The number of urea groups is 1. The second-order valence-electron chi connectivity index (χ2n) is 4.84. The van der Waals surface area contributed by atoms with Crippen LogP contribution in [0, 0.1) is 0 Å². The quantitative estimate of drug-likeness (QED) is 0.826. The molecule has 0 radical (unpaired) electrons. The lowest BCUT2D eigenvalue weighted by atomic mass is 10.1. The van der Waals surface area contributed by atoms with Gasteiger partial charge in [0.2, 0.25) is 0 Å². The van der Waals surface area contributed by atoms with Crippen molar-refractivity contribution in [3.8, 4) is 0 Å². The molecule has 0 heterocycles. The summed E-state index contributed by atoms with van der Waals surface area (Å²) in [6.07, 6.45) is 0.337. The summed E-state index contributed by atoms with van der Waals surface area (Å²) in [5.74, 6) is -0.511. The molecule has 1 unspecified atom stereocenters. The third-order valence-corrected chi connectivity index (χ3v) is 3.53. The van der Waals surface area contributed by atoms with Crippen molar-refractivity contribution in [2.75, 3.05) is 12.4 Å². The minimum atomic E-state index is -0.787. The summed E-state index contributed by atoms with van der Waals surface area (Å²) >= 11 is 5.99. The van der Waals surface area contributed by atoms with E-state index in [-0.39, 0.29) is 0 Å². The normalized spacial score (nSPS) is 11.4. The minimum Gasteiger partial charge on any atom is -0.467 e. The highest BCUT2D eigenvalue weighted by Crippen LogP contribution is 2.20. The van der Waals surface area contributed by atoms with Crippen LogP contribution < -0.4 is 10.6 Å². The highest BCUT2D eigenvalue weighted by molar-refractivity contribution is 6.33. The zero-order valence-corrected chi connectivity index (χ0v) is 13.3. The smallest absolute Gasteiger partial charge is 0.328 e. The van der Waals surface area contributed by atoms with E-state index in [0.717, 1.165) is 5.56 Å². The Balaban J connectivity index is 2.04. The molecule has 0 spiro atoms. The molecule has 2 rings (SSSR count). The van der Waals surface area contributed by atoms with Gasteiger partial charge in [-0.25, -0.2) is 9.59 Å². The van der Waals surface area contributed by atoms with Crippen LogP contribution in [0.5, 0.6) is 0 Å². The Morgan fingerprint density at radius 1 is 1.09 bits per heavy atom. The van der Waals surface area contributed by atoms with Crippen molar-refractivity contribution in [1.29, 1.82) is 0 Å². The summed E-state index contributed by atoms with van der Waals surface area (Å²) < 4.78 is 4.75. The van der Waals surface area contributed by atoms with Gasteiger partial charge in [-0.15, -0.1) is 0 Å². The predicted molar refractivity (Wildman–Crippen MR) is 89.6 cm³/mol. The van der Waals surface area contributed by atoms with Crippen molar-refractivity contribution in [3.05, 3.63) is 65.2 Å². The van der Waals surface area contributed by atoms with Crippen LogP contribution in [0.1, 0.15) is 5.56 Å². The number of ether oxygens (including phenoxy) is 1. The van der Waals surface area contributed by atoms with Crippen molar-refractivity contribution >= 4 is 29.3 Å². The average Bonchev–Trinajstić information content (AvgIpc) is 2.56. The lowest BCUT2D eigenvalue weighted by Crippen LogP contribution is -2.45. The number of hydrogen-bond acceptors (Lipinski definition) is 3. The van der Waals surface area contributed by atoms with Crippen LogP contribution in [-0.4, -0.2) is 25.2 Å². The first-order chi connectivity index (χ1) is 11.1. The van der Waals surface area contributed by atoms with Gasteiger partial charge in [0.15, 0.2) is 0 Å². The van der Waals surface area contributed by atoms with Gasteiger partial charge in [-0.05, 0) is 17.7 Å². The van der Waals surface area contributed by atoms with Crippen molar-refractivity contribution in [2.24, 2.45) is 0 Å². The standard InChI is InChI=1S/C17H17ClN2O3/c1-23-16(21)15(11-12-7-3-2-4-8-12)20-17(22)19-14-10-6-5-9-13(14)18/h2-10,15H,11H2,1H3,(H2,19,20,22). The largest absolute Gasteiger partial charge is 0.467 e. The molecule has 0 aliphatic heterocycles. The SMILES string of the molecule is COC(=O)C(Cc1ccccc1)NC(=O)Nc1ccccc1Cl. The molecule has 0 saturated heterocycles. The molecule has 2 N–H and O–H groups in total. The highest BCUT2D eigenvalue weighted by atomic mass is 35.5. The highest BCUT2D eigenvalue weighted by Gasteiger charge is 2.22. The van der Waals surface area contributed by atoms with Crippen LogP contribution >= 0.6 is 11.6 Å². The molecule has 0 saturated carbocycles. The summed E-state index contributed by atoms with van der Waals surface area (Å²) in [4.78, 5) is 24.0. The zero-order valence-electron chi connectivity index (χ0n) is 12.6. The first-order valence-corrected chi connectivity index (χ1v) is 7.41. The third-order valence-electron chi connectivity index (χ3n) is 3.20. The van der Waals surface area contributed by atoms with Crippen LogP contribution in [0.4, 0.5) is 10.5 Å². The van der Waals surface area contributed by atoms with Gasteiger partial charge >= 0.3 is 12.0 Å². The monoisotopic (exact) mass is 332 g/mol. The number of anilines is 1. The molecule has 6 heteroatoms. The molecule has 0 aromatic heterocycles. The number of carbonyl (C=O) groups is 2. The Labute approximate surface area is 139 Å². The molecule has 2 aromatic rings. The zero-order chi connectivity index (χ0) is 16.7. The fourth-order valence-electron chi connectivity index (χ4n) is 2.06. The number of benzene rings is 2. The Hall–Kier alpha value is -2.53. The first-order valence-electron chi connectivity index (χ1n) is 7.04. The van der Waals surface area contributed by atoms with Crippen molar-refractivity contribution in [1.82, 2.24) is 5.32 Å². The van der Waals surface area contributed by atoms with Gasteiger partial charge in [-0.1, -0.05) is 54.1 Å². The second-order valence-corrected chi connectivity index (χ2v) is 5.25. The molecule has 0 aliphatic carbocycles. The van der Waals surface area contributed by atoms with Gasteiger partial charge in [0, 0.05) is 6.42 Å². The molecule has 0 fully saturated rings. The number of para-hydroxylation sites is 1. The number of methoxy groups -OCH3 is 1. The maximum Gasteiger partial charge on any atom is 0.328 e. The number of carbonyl (C=O) groups excluding carboxylic acids is 2. The van der Waals surface area contributed by atoms with E-state index in [0.29, 0.717) is 17.1 Å². The fraction of sp³-hybridized carbons (Fsp3) is 0.176. The Morgan fingerprint density at radius 3 is 2.39 bits per heavy atom. The summed E-state index contributed by atoms with van der Waals surface area (Å²) in [5.41, 5.74) is 1.39. The lowest BCUT2D eigenvalue weighted by molar-refractivity contribution is -0.142. The third kappa shape index (κ3) is 5.00. The summed E-state index contributed by atoms with van der Waals surface area (Å²) in [5, 5.41) is 5.64. The summed E-state index contributed by atoms with van der Waals surface area (Å²) in [7, 11) is 1.29. The second kappa shape index (κ2) is 8.19. The minimum absolute atomic E-state index is 0.337. The molecule has 120 valence electrons. The van der Waals surface area contributed by atoms with Crippen molar-refractivity contribution in [3.63, 3.8) is 0 Å². The van der Waals surface area contributed by atoms with Crippen LogP contribution in [0.25, 0.3) is 0 Å². The van der Waals surface area contributed by atoms with Gasteiger partial charge in [0.25, 0.3) is 0 Å². The van der Waals surface area contributed by atoms with Gasteiger partial charge in [0.05, 0.1) is 17.8 Å². The lowest BCUT2D eigenvalue weighted by Gasteiger charge is -2.17. The molecule has 0 aliphatic rings. The average molecular weight is 333 g/mol. The molecular formula is C17H17ClN2O3. The molecule has 2 aromatic carbocycles. The van der Waals surface area contributed by atoms with Gasteiger partial charge < -0.3 is 15.4 Å². The van der Waals surface area contributed by atoms with E-state index in [4.69, 9.17) is 16.3 Å². The molecule has 2 amide bonds. The number of rotatable bonds is 5. The Bertz CT molecular complexity index is 677. The maximum atomic E-state index is 12.1. The van der Waals surface area contributed by atoms with Crippen molar-refractivity contribution < 1.29 is 14.3 Å². The van der Waals surface area contributed by atoms with Crippen LogP contribution in [0.2, 0.25) is 5.02 Å². The number of halogens is 1. The fourth-order valence-corrected chi connectivity index (χ4v) is 2.25. The van der Waals surface area contributed by atoms with Crippen LogP contribution in [0.15, 0.2) is 54.6 Å². The van der Waals surface area contributed by atoms with Gasteiger partial charge in [-0.3, -0.25) is 0 Å². The van der Waals surface area contributed by atoms with E-state index < -0.39 is 18.0 Å². The molecule has 0 bridgehead atoms. The van der Waals surface area contributed by atoms with Crippen molar-refractivity contribution in [2.45, 2.75) is 12.5 Å². The molecule has 5 nitrogen and oxygen atoms in total. The molecule has 1 atom stereocenters. The van der Waals surface area contributed by atoms with E-state index in [9.17, 15) is 9.59 Å². The summed E-state index contributed by atoms with van der Waals surface area (Å²) in [6.45, 7) is 0. The Kier molecular flexibility index (Phi) is 6.00. The number of esters is 1. The topological polar surface area (TPSA) is 67.4 Å². The molecular weight excluding hydrogens is 316 g/mol. The number of amides is 2. The van der Waals surface area contributed by atoms with E-state index in [1.165, 1.54) is 7.11 Å². The maximum absolute atomic E-state index is 12.1. The number of hydrogen-bond donors (Lipinski definition) is 2. The van der Waals surface area contributed by atoms with E-state index >= 15 is 0 Å². The van der Waals surface area contributed by atoms with Gasteiger partial charge in [0.1, 0.15) is 6.04 Å². The predicted octanol–water partition coefficient (Wildman–Crippen LogP) is 3.25. The van der Waals surface area contributed by atoms with Crippen LogP contribution in [-0.2, 0) is 16.0 Å². The van der Waals surface area contributed by atoms with E-state index in [1.54, 1.807) is 24.3 Å². The first kappa shape index (κ1) is 16.8.